The number of nitrogens with zero attached hydrogens (tertiary/aromatic N) is 1. The predicted octanol–water partition coefficient (Wildman–Crippen LogP) is 1.94. The standard InChI is InChI=1S/C18H24FN3O3/c1-18(2,13-6-3-4-7-14(13)19)12-21-17(25)20-10-5-11-22-15(23)8-9-16(22)24/h3-4,6-7H,5,8-12H2,1-2H3,(H2,20,21,25). The van der Waals surface area contributed by atoms with Gasteiger partial charge in [-0.3, -0.25) is 14.5 Å². The molecule has 2 N–H and O–H groups in total. The Morgan fingerprint density at radius 1 is 1.16 bits per heavy atom. The van der Waals surface area contributed by atoms with Crippen molar-refractivity contribution in [3.05, 3.63) is 35.6 Å². The van der Waals surface area contributed by atoms with Crippen molar-refractivity contribution in [2.24, 2.45) is 0 Å². The van der Waals surface area contributed by atoms with Crippen LogP contribution >= 0.6 is 0 Å². The molecular formula is C18H24FN3O3. The van der Waals surface area contributed by atoms with Gasteiger partial charge in [0, 0.05) is 37.9 Å². The van der Waals surface area contributed by atoms with Crippen LogP contribution in [-0.2, 0) is 15.0 Å². The zero-order chi connectivity index (χ0) is 18.4. The highest BCUT2D eigenvalue weighted by Gasteiger charge is 2.28. The van der Waals surface area contributed by atoms with Crippen LogP contribution in [0.3, 0.4) is 0 Å². The zero-order valence-corrected chi connectivity index (χ0v) is 14.6. The molecule has 136 valence electrons. The number of benzene rings is 1. The van der Waals surface area contributed by atoms with E-state index < -0.39 is 5.41 Å². The minimum absolute atomic E-state index is 0.152. The molecule has 1 saturated heterocycles. The smallest absolute Gasteiger partial charge is 0.314 e. The lowest BCUT2D eigenvalue weighted by molar-refractivity contribution is -0.138. The third-order valence-electron chi connectivity index (χ3n) is 4.29. The molecule has 6 nitrogen and oxygen atoms in total. The van der Waals surface area contributed by atoms with E-state index in [1.165, 1.54) is 11.0 Å². The van der Waals surface area contributed by atoms with Crippen LogP contribution in [0.1, 0.15) is 38.7 Å². The lowest BCUT2D eigenvalue weighted by atomic mass is 9.84. The van der Waals surface area contributed by atoms with E-state index in [2.05, 4.69) is 10.6 Å². The van der Waals surface area contributed by atoms with Crippen molar-refractivity contribution in [3.8, 4) is 0 Å². The fourth-order valence-electron chi connectivity index (χ4n) is 2.78. The van der Waals surface area contributed by atoms with E-state index in [0.29, 0.717) is 25.1 Å². The van der Waals surface area contributed by atoms with Crippen molar-refractivity contribution in [1.82, 2.24) is 15.5 Å². The summed E-state index contributed by atoms with van der Waals surface area (Å²) in [6.45, 7) is 4.66. The lowest BCUT2D eigenvalue weighted by Gasteiger charge is -2.26. The summed E-state index contributed by atoms with van der Waals surface area (Å²) in [6.07, 6.45) is 1.05. The molecule has 0 spiro atoms. The van der Waals surface area contributed by atoms with E-state index in [1.54, 1.807) is 18.2 Å². The summed E-state index contributed by atoms with van der Waals surface area (Å²) in [5.41, 5.74) is -0.00165. The minimum Gasteiger partial charge on any atom is -0.338 e. The minimum atomic E-state index is -0.545. The van der Waals surface area contributed by atoms with Gasteiger partial charge in [0.1, 0.15) is 5.82 Å². The van der Waals surface area contributed by atoms with Gasteiger partial charge >= 0.3 is 6.03 Å². The van der Waals surface area contributed by atoms with E-state index in [1.807, 2.05) is 13.8 Å². The van der Waals surface area contributed by atoms with Crippen LogP contribution in [0.4, 0.5) is 9.18 Å². The van der Waals surface area contributed by atoms with Gasteiger partial charge in [-0.25, -0.2) is 9.18 Å². The Labute approximate surface area is 146 Å². The lowest BCUT2D eigenvalue weighted by Crippen LogP contribution is -2.43. The summed E-state index contributed by atoms with van der Waals surface area (Å²) in [7, 11) is 0. The first-order valence-corrected chi connectivity index (χ1v) is 8.41. The van der Waals surface area contributed by atoms with Gasteiger partial charge in [0.2, 0.25) is 11.8 Å². The third kappa shape index (κ3) is 5.01. The molecule has 1 aromatic rings. The first-order chi connectivity index (χ1) is 11.8. The number of likely N-dealkylation sites (tertiary alicyclic amines) is 1. The normalized spacial score (nSPS) is 14.8. The number of rotatable bonds is 7. The molecular weight excluding hydrogens is 325 g/mol. The van der Waals surface area contributed by atoms with Gasteiger partial charge in [-0.1, -0.05) is 32.0 Å². The molecule has 0 saturated carbocycles. The summed E-state index contributed by atoms with van der Waals surface area (Å²) >= 11 is 0. The molecule has 4 amide bonds. The van der Waals surface area contributed by atoms with Crippen LogP contribution in [-0.4, -0.2) is 42.4 Å². The number of hydrogen-bond donors (Lipinski definition) is 2. The Morgan fingerprint density at radius 2 is 1.80 bits per heavy atom. The quantitative estimate of drug-likeness (QED) is 0.583. The molecule has 0 atom stereocenters. The highest BCUT2D eigenvalue weighted by atomic mass is 19.1. The third-order valence-corrected chi connectivity index (χ3v) is 4.29. The monoisotopic (exact) mass is 349 g/mol. The summed E-state index contributed by atoms with van der Waals surface area (Å²) < 4.78 is 13.9. The predicted molar refractivity (Wildman–Crippen MR) is 91.4 cm³/mol. The van der Waals surface area contributed by atoms with Crippen molar-refractivity contribution >= 4 is 17.8 Å². The van der Waals surface area contributed by atoms with Crippen LogP contribution in [0.15, 0.2) is 24.3 Å². The number of imide groups is 1. The van der Waals surface area contributed by atoms with Gasteiger partial charge in [-0.05, 0) is 18.1 Å². The van der Waals surface area contributed by atoms with Crippen molar-refractivity contribution < 1.29 is 18.8 Å². The highest BCUT2D eigenvalue weighted by Crippen LogP contribution is 2.24. The maximum atomic E-state index is 13.9. The first kappa shape index (κ1) is 18.9. The maximum Gasteiger partial charge on any atom is 0.314 e. The summed E-state index contributed by atoms with van der Waals surface area (Å²) in [5.74, 6) is -0.600. The Kier molecular flexibility index (Phi) is 6.12. The largest absolute Gasteiger partial charge is 0.338 e. The van der Waals surface area contributed by atoms with Gasteiger partial charge in [-0.2, -0.15) is 0 Å². The van der Waals surface area contributed by atoms with Crippen LogP contribution in [0.2, 0.25) is 0 Å². The van der Waals surface area contributed by atoms with Crippen molar-refractivity contribution in [2.45, 2.75) is 38.5 Å². The number of carbonyl (C=O) groups excluding carboxylic acids is 3. The fraction of sp³-hybridized carbons (Fsp3) is 0.500. The van der Waals surface area contributed by atoms with Gasteiger partial charge in [0.15, 0.2) is 0 Å². The zero-order valence-electron chi connectivity index (χ0n) is 14.6. The second-order valence-corrected chi connectivity index (χ2v) is 6.77. The van der Waals surface area contributed by atoms with Crippen LogP contribution < -0.4 is 10.6 Å². The summed E-state index contributed by atoms with van der Waals surface area (Å²) in [5, 5.41) is 5.41. The molecule has 25 heavy (non-hydrogen) atoms. The molecule has 7 heteroatoms. The number of urea groups is 1. The molecule has 0 aliphatic carbocycles. The molecule has 0 bridgehead atoms. The molecule has 1 heterocycles. The van der Waals surface area contributed by atoms with Crippen LogP contribution in [0.25, 0.3) is 0 Å². The number of carbonyl (C=O) groups is 3. The summed E-state index contributed by atoms with van der Waals surface area (Å²) in [4.78, 5) is 36.0. The van der Waals surface area contributed by atoms with Crippen LogP contribution in [0.5, 0.6) is 0 Å². The number of amides is 4. The fourth-order valence-corrected chi connectivity index (χ4v) is 2.78. The van der Waals surface area contributed by atoms with Gasteiger partial charge in [0.05, 0.1) is 0 Å². The molecule has 1 fully saturated rings. The molecule has 0 unspecified atom stereocenters. The van der Waals surface area contributed by atoms with E-state index in [9.17, 15) is 18.8 Å². The second-order valence-electron chi connectivity index (χ2n) is 6.77. The van der Waals surface area contributed by atoms with E-state index in [-0.39, 0.29) is 43.0 Å². The Balaban J connectivity index is 1.71. The maximum absolute atomic E-state index is 13.9. The van der Waals surface area contributed by atoms with Crippen LogP contribution in [0, 0.1) is 5.82 Å². The van der Waals surface area contributed by atoms with E-state index >= 15 is 0 Å². The molecule has 0 aromatic heterocycles. The molecule has 1 aliphatic heterocycles. The number of halogens is 1. The van der Waals surface area contributed by atoms with Gasteiger partial charge < -0.3 is 10.6 Å². The van der Waals surface area contributed by atoms with E-state index in [0.717, 1.165) is 0 Å². The average Bonchev–Trinajstić information content (AvgIpc) is 2.89. The second kappa shape index (κ2) is 8.09. The Bertz CT molecular complexity index is 645. The number of hydrogen-bond acceptors (Lipinski definition) is 3. The summed E-state index contributed by atoms with van der Waals surface area (Å²) in [6, 6.07) is 6.15. The van der Waals surface area contributed by atoms with Crippen molar-refractivity contribution in [2.75, 3.05) is 19.6 Å². The van der Waals surface area contributed by atoms with Crippen molar-refractivity contribution in [1.29, 1.82) is 0 Å². The Hall–Kier alpha value is -2.44. The highest BCUT2D eigenvalue weighted by molar-refractivity contribution is 6.01. The molecule has 1 aliphatic rings. The molecule has 1 aromatic carbocycles. The van der Waals surface area contributed by atoms with E-state index in [4.69, 9.17) is 0 Å². The number of nitrogens with one attached hydrogen (secondary N) is 2. The van der Waals surface area contributed by atoms with Gasteiger partial charge in [-0.15, -0.1) is 0 Å². The molecule has 2 rings (SSSR count). The van der Waals surface area contributed by atoms with Gasteiger partial charge in [0.25, 0.3) is 0 Å². The Morgan fingerprint density at radius 3 is 2.44 bits per heavy atom. The average molecular weight is 349 g/mol. The SMILES string of the molecule is CC(C)(CNC(=O)NCCCN1C(=O)CCC1=O)c1ccccc1F. The first-order valence-electron chi connectivity index (χ1n) is 8.41. The molecule has 0 radical (unpaired) electrons. The van der Waals surface area contributed by atoms with Crippen molar-refractivity contribution in [3.63, 3.8) is 0 Å². The topological polar surface area (TPSA) is 78.5 Å².